The van der Waals surface area contributed by atoms with Gasteiger partial charge in [0.1, 0.15) is 16.5 Å². The zero-order valence-electron chi connectivity index (χ0n) is 11.6. The Morgan fingerprint density at radius 3 is 2.59 bits per heavy atom. The first kappa shape index (κ1) is 13.0. The molecule has 0 atom stereocenters. The Labute approximate surface area is 131 Å². The first-order valence-electron chi connectivity index (χ1n) is 6.91. The lowest BCUT2D eigenvalue weighted by molar-refractivity contribution is 0.483. The largest absolute Gasteiger partial charge is 0.507 e. The third-order valence-electron chi connectivity index (χ3n) is 3.56. The molecule has 2 heterocycles. The van der Waals surface area contributed by atoms with Gasteiger partial charge in [-0.1, -0.05) is 36.4 Å². The summed E-state index contributed by atoms with van der Waals surface area (Å²) in [6.45, 7) is 0. The molecular formula is C18H12N2OS. The Morgan fingerprint density at radius 2 is 1.73 bits per heavy atom. The minimum Gasteiger partial charge on any atom is -0.507 e. The molecule has 0 aliphatic heterocycles. The molecule has 106 valence electrons. The molecule has 1 N–H and O–H groups in total. The van der Waals surface area contributed by atoms with Gasteiger partial charge in [-0.15, -0.1) is 11.3 Å². The zero-order chi connectivity index (χ0) is 14.9. The number of pyridine rings is 1. The number of hydrogen-bond acceptors (Lipinski definition) is 4. The summed E-state index contributed by atoms with van der Waals surface area (Å²) < 4.78 is 0. The van der Waals surface area contributed by atoms with E-state index in [0.29, 0.717) is 0 Å². The summed E-state index contributed by atoms with van der Waals surface area (Å²) in [5.41, 5.74) is 2.42. The van der Waals surface area contributed by atoms with Crippen LogP contribution in [0.15, 0.2) is 66.2 Å². The van der Waals surface area contributed by atoms with Crippen molar-refractivity contribution in [3.8, 4) is 27.7 Å². The van der Waals surface area contributed by atoms with Gasteiger partial charge in [-0.25, -0.2) is 4.98 Å². The van der Waals surface area contributed by atoms with Crippen molar-refractivity contribution in [3.05, 3.63) is 66.2 Å². The Bertz CT molecular complexity index is 948. The molecule has 4 rings (SSSR count). The Hall–Kier alpha value is -2.72. The van der Waals surface area contributed by atoms with Crippen molar-refractivity contribution in [1.82, 2.24) is 9.97 Å². The highest BCUT2D eigenvalue weighted by molar-refractivity contribution is 7.13. The fraction of sp³-hybridized carbons (Fsp3) is 0. The fourth-order valence-electron chi connectivity index (χ4n) is 2.46. The van der Waals surface area contributed by atoms with Crippen LogP contribution in [0.4, 0.5) is 0 Å². The van der Waals surface area contributed by atoms with E-state index in [4.69, 9.17) is 0 Å². The molecule has 0 saturated carbocycles. The van der Waals surface area contributed by atoms with Crippen molar-refractivity contribution in [1.29, 1.82) is 0 Å². The van der Waals surface area contributed by atoms with E-state index in [1.54, 1.807) is 6.20 Å². The molecule has 2 aromatic carbocycles. The van der Waals surface area contributed by atoms with Crippen LogP contribution in [-0.4, -0.2) is 15.1 Å². The van der Waals surface area contributed by atoms with Crippen LogP contribution >= 0.6 is 11.3 Å². The van der Waals surface area contributed by atoms with Crippen molar-refractivity contribution in [3.63, 3.8) is 0 Å². The summed E-state index contributed by atoms with van der Waals surface area (Å²) in [5.74, 6) is 0.278. The van der Waals surface area contributed by atoms with Crippen LogP contribution in [0.1, 0.15) is 0 Å². The number of hydrogen-bond donors (Lipinski definition) is 1. The van der Waals surface area contributed by atoms with Gasteiger partial charge in [0.2, 0.25) is 0 Å². The second-order valence-corrected chi connectivity index (χ2v) is 5.79. The van der Waals surface area contributed by atoms with E-state index in [1.165, 1.54) is 11.3 Å². The number of phenolic OH excluding ortho intramolecular Hbond substituents is 1. The molecule has 0 amide bonds. The van der Waals surface area contributed by atoms with Crippen LogP contribution in [0, 0.1) is 0 Å². The first-order valence-corrected chi connectivity index (χ1v) is 7.79. The summed E-state index contributed by atoms with van der Waals surface area (Å²) in [6, 6.07) is 17.5. The van der Waals surface area contributed by atoms with Gasteiger partial charge in [0, 0.05) is 17.0 Å². The number of thiazole rings is 1. The second-order valence-electron chi connectivity index (χ2n) is 4.94. The average Bonchev–Trinajstić information content (AvgIpc) is 3.06. The molecule has 0 radical (unpaired) electrons. The highest BCUT2D eigenvalue weighted by Crippen LogP contribution is 2.38. The van der Waals surface area contributed by atoms with E-state index in [0.717, 1.165) is 32.7 Å². The van der Waals surface area contributed by atoms with Gasteiger partial charge in [-0.05, 0) is 23.6 Å². The molecule has 0 spiro atoms. The summed E-state index contributed by atoms with van der Waals surface area (Å²) in [4.78, 5) is 8.92. The van der Waals surface area contributed by atoms with Gasteiger partial charge in [0.15, 0.2) is 0 Å². The number of aromatic hydroxyl groups is 1. The molecule has 4 aromatic rings. The minimum absolute atomic E-state index is 0.278. The van der Waals surface area contributed by atoms with E-state index >= 15 is 0 Å². The highest BCUT2D eigenvalue weighted by Gasteiger charge is 2.13. The predicted octanol–water partition coefficient (Wildman–Crippen LogP) is 4.73. The maximum atomic E-state index is 10.5. The van der Waals surface area contributed by atoms with Crippen LogP contribution < -0.4 is 0 Å². The minimum atomic E-state index is 0.278. The molecular weight excluding hydrogens is 292 g/mol. The highest BCUT2D eigenvalue weighted by atomic mass is 32.1. The lowest BCUT2D eigenvalue weighted by Gasteiger charge is -2.05. The smallest absolute Gasteiger partial charge is 0.133 e. The van der Waals surface area contributed by atoms with Crippen LogP contribution in [0.2, 0.25) is 0 Å². The maximum Gasteiger partial charge on any atom is 0.133 e. The van der Waals surface area contributed by atoms with Crippen LogP contribution in [-0.2, 0) is 0 Å². The Morgan fingerprint density at radius 1 is 0.864 bits per heavy atom. The topological polar surface area (TPSA) is 46.0 Å². The summed E-state index contributed by atoms with van der Waals surface area (Å²) in [7, 11) is 0. The molecule has 2 aromatic heterocycles. The van der Waals surface area contributed by atoms with Crippen molar-refractivity contribution in [2.75, 3.05) is 0 Å². The molecule has 4 heteroatoms. The standard InChI is InChI=1S/C18H12N2OS/c21-17-13-6-2-1-5-12(13)8-9-14(17)18-20-16(11-22-18)15-7-3-4-10-19-15/h1-11,21H. The van der Waals surface area contributed by atoms with E-state index in [1.807, 2.05) is 60.0 Å². The zero-order valence-corrected chi connectivity index (χ0v) is 12.4. The van der Waals surface area contributed by atoms with E-state index in [2.05, 4.69) is 9.97 Å². The van der Waals surface area contributed by atoms with Crippen LogP contribution in [0.3, 0.4) is 0 Å². The van der Waals surface area contributed by atoms with Crippen LogP contribution in [0.25, 0.3) is 32.7 Å². The van der Waals surface area contributed by atoms with Gasteiger partial charge >= 0.3 is 0 Å². The Kier molecular flexibility index (Phi) is 3.09. The maximum absolute atomic E-state index is 10.5. The van der Waals surface area contributed by atoms with Gasteiger partial charge in [0.05, 0.1) is 11.3 Å². The van der Waals surface area contributed by atoms with Crippen molar-refractivity contribution < 1.29 is 5.11 Å². The molecule has 3 nitrogen and oxygen atoms in total. The molecule has 22 heavy (non-hydrogen) atoms. The molecule has 0 aliphatic rings. The fourth-order valence-corrected chi connectivity index (χ4v) is 3.30. The van der Waals surface area contributed by atoms with E-state index < -0.39 is 0 Å². The lowest BCUT2D eigenvalue weighted by Crippen LogP contribution is -1.84. The van der Waals surface area contributed by atoms with Gasteiger partial charge in [0.25, 0.3) is 0 Å². The van der Waals surface area contributed by atoms with Crippen LogP contribution in [0.5, 0.6) is 5.75 Å². The molecule has 0 saturated heterocycles. The van der Waals surface area contributed by atoms with E-state index in [9.17, 15) is 5.11 Å². The quantitative estimate of drug-likeness (QED) is 0.582. The SMILES string of the molecule is Oc1c(-c2nc(-c3ccccn3)cs2)ccc2ccccc12. The normalized spacial score (nSPS) is 10.9. The number of aromatic nitrogens is 2. The van der Waals surface area contributed by atoms with E-state index in [-0.39, 0.29) is 5.75 Å². The summed E-state index contributed by atoms with van der Waals surface area (Å²) in [5, 5.41) is 15.2. The van der Waals surface area contributed by atoms with Gasteiger partial charge in [-0.3, -0.25) is 4.98 Å². The Balaban J connectivity index is 1.83. The van der Waals surface area contributed by atoms with Crippen molar-refractivity contribution in [2.24, 2.45) is 0 Å². The molecule has 0 bridgehead atoms. The second kappa shape index (κ2) is 5.24. The summed E-state index contributed by atoms with van der Waals surface area (Å²) >= 11 is 1.51. The third-order valence-corrected chi connectivity index (χ3v) is 4.44. The first-order chi connectivity index (χ1) is 10.8. The number of fused-ring (bicyclic) bond motifs is 1. The average molecular weight is 304 g/mol. The van der Waals surface area contributed by atoms with Crippen molar-refractivity contribution >= 4 is 22.1 Å². The third kappa shape index (κ3) is 2.14. The number of phenols is 1. The molecule has 0 unspecified atom stereocenters. The predicted molar refractivity (Wildman–Crippen MR) is 90.0 cm³/mol. The number of rotatable bonds is 2. The van der Waals surface area contributed by atoms with Gasteiger partial charge < -0.3 is 5.11 Å². The molecule has 0 fully saturated rings. The van der Waals surface area contributed by atoms with Crippen molar-refractivity contribution in [2.45, 2.75) is 0 Å². The lowest BCUT2D eigenvalue weighted by atomic mass is 10.1. The molecule has 0 aliphatic carbocycles. The monoisotopic (exact) mass is 304 g/mol. The van der Waals surface area contributed by atoms with Gasteiger partial charge in [-0.2, -0.15) is 0 Å². The summed E-state index contributed by atoms with van der Waals surface area (Å²) in [6.07, 6.45) is 1.75. The number of nitrogens with zero attached hydrogens (tertiary/aromatic N) is 2. The number of benzene rings is 2.